The summed E-state index contributed by atoms with van der Waals surface area (Å²) in [6, 6.07) is 27.8. The molecule has 0 fully saturated rings. The van der Waals surface area contributed by atoms with Gasteiger partial charge in [0.25, 0.3) is 0 Å². The molecule has 3 nitrogen and oxygen atoms in total. The molecule has 0 saturated carbocycles. The summed E-state index contributed by atoms with van der Waals surface area (Å²) in [6.07, 6.45) is 0.758. The van der Waals surface area contributed by atoms with Gasteiger partial charge in [-0.05, 0) is 35.7 Å². The van der Waals surface area contributed by atoms with Gasteiger partial charge in [0.2, 0.25) is 5.91 Å². The van der Waals surface area contributed by atoms with Crippen LogP contribution in [0.5, 0.6) is 0 Å². The molecule has 1 aromatic heterocycles. The van der Waals surface area contributed by atoms with E-state index in [1.54, 1.807) is 11.8 Å². The van der Waals surface area contributed by atoms with Gasteiger partial charge in [-0.3, -0.25) is 4.79 Å². The number of rotatable bonds is 4. The molecule has 28 heavy (non-hydrogen) atoms. The Bertz CT molecular complexity index is 1080. The lowest BCUT2D eigenvalue weighted by molar-refractivity contribution is -0.121. The predicted octanol–water partition coefficient (Wildman–Crippen LogP) is 5.36. The molecule has 2 heterocycles. The molecule has 2 atom stereocenters. The van der Waals surface area contributed by atoms with Crippen molar-refractivity contribution in [2.75, 3.05) is 0 Å². The van der Waals surface area contributed by atoms with E-state index >= 15 is 0 Å². The Morgan fingerprint density at radius 3 is 2.54 bits per heavy atom. The molecule has 5 rings (SSSR count). The summed E-state index contributed by atoms with van der Waals surface area (Å²) in [5.41, 5.74) is 3.08. The van der Waals surface area contributed by atoms with Gasteiger partial charge in [0.15, 0.2) is 0 Å². The fourth-order valence-corrected chi connectivity index (χ4v) is 4.88. The summed E-state index contributed by atoms with van der Waals surface area (Å²) in [4.78, 5) is 14.3. The highest BCUT2D eigenvalue weighted by molar-refractivity contribution is 8.01. The van der Waals surface area contributed by atoms with E-state index in [0.29, 0.717) is 0 Å². The van der Waals surface area contributed by atoms with Crippen LogP contribution in [0.1, 0.15) is 22.9 Å². The molecule has 0 unspecified atom stereocenters. The third kappa shape index (κ3) is 3.20. The lowest BCUT2D eigenvalue weighted by Gasteiger charge is -2.19. The molecule has 0 bridgehead atoms. The number of nitrogens with one attached hydrogen (secondary N) is 1. The molecule has 4 heteroatoms. The Labute approximate surface area is 167 Å². The van der Waals surface area contributed by atoms with Crippen LogP contribution in [-0.4, -0.2) is 11.2 Å². The van der Waals surface area contributed by atoms with Crippen LogP contribution < -0.4 is 5.32 Å². The second-order valence-electron chi connectivity index (χ2n) is 6.96. The fourth-order valence-electron chi connectivity index (χ4n) is 3.67. The summed E-state index contributed by atoms with van der Waals surface area (Å²) in [7, 11) is 0. The first-order chi connectivity index (χ1) is 13.8. The third-order valence-electron chi connectivity index (χ3n) is 5.09. The van der Waals surface area contributed by atoms with E-state index in [-0.39, 0.29) is 17.2 Å². The van der Waals surface area contributed by atoms with E-state index in [4.69, 9.17) is 4.42 Å². The van der Waals surface area contributed by atoms with Crippen LogP contribution in [0, 0.1) is 0 Å². The van der Waals surface area contributed by atoms with Gasteiger partial charge in [0, 0.05) is 10.3 Å². The number of benzene rings is 3. The van der Waals surface area contributed by atoms with Gasteiger partial charge < -0.3 is 9.73 Å². The Morgan fingerprint density at radius 2 is 1.71 bits per heavy atom. The first kappa shape index (κ1) is 17.1. The Kier molecular flexibility index (Phi) is 4.41. The van der Waals surface area contributed by atoms with Crippen molar-refractivity contribution in [2.24, 2.45) is 0 Å². The summed E-state index contributed by atoms with van der Waals surface area (Å²) < 4.78 is 6.09. The quantitative estimate of drug-likeness (QED) is 0.514. The van der Waals surface area contributed by atoms with Crippen LogP contribution in [0.25, 0.3) is 11.0 Å². The molecular formula is C24H19NO2S. The molecule has 0 spiro atoms. The number of thioether (sulfide) groups is 1. The Balaban J connectivity index is 1.45. The number of furan rings is 1. The average molecular weight is 385 g/mol. The van der Waals surface area contributed by atoms with Crippen molar-refractivity contribution >= 4 is 28.6 Å². The first-order valence-electron chi connectivity index (χ1n) is 9.36. The van der Waals surface area contributed by atoms with Crippen molar-refractivity contribution in [2.45, 2.75) is 22.6 Å². The lowest BCUT2D eigenvalue weighted by Crippen LogP contribution is -2.35. The minimum absolute atomic E-state index is 0.0375. The number of hydrogen-bond donors (Lipinski definition) is 1. The van der Waals surface area contributed by atoms with E-state index in [2.05, 4.69) is 17.4 Å². The van der Waals surface area contributed by atoms with Crippen molar-refractivity contribution in [1.29, 1.82) is 0 Å². The van der Waals surface area contributed by atoms with E-state index in [9.17, 15) is 4.79 Å². The predicted molar refractivity (Wildman–Crippen MR) is 112 cm³/mol. The Morgan fingerprint density at radius 1 is 0.964 bits per heavy atom. The normalized spacial score (nSPS) is 16.6. The molecule has 138 valence electrons. The number of para-hydroxylation sites is 1. The zero-order valence-corrected chi connectivity index (χ0v) is 16.0. The summed E-state index contributed by atoms with van der Waals surface area (Å²) in [5.74, 6) is 0.789. The van der Waals surface area contributed by atoms with E-state index in [1.807, 2.05) is 72.8 Å². The molecule has 1 aliphatic heterocycles. The second-order valence-corrected chi connectivity index (χ2v) is 8.20. The maximum absolute atomic E-state index is 13.1. The smallest absolute Gasteiger partial charge is 0.234 e. The van der Waals surface area contributed by atoms with Crippen molar-refractivity contribution in [3.63, 3.8) is 0 Å². The summed E-state index contributed by atoms with van der Waals surface area (Å²) in [6.45, 7) is 0. The standard InChI is InChI=1S/C24H19NO2S/c26-24(22-15-18-11-5-7-13-21(18)28-22)25-23(16-8-2-1-3-9-16)20-14-17-10-4-6-12-19(17)27-20/h1-14,22-23H,15H2,(H,25,26)/t22-,23+/m1/s1. The number of carbonyl (C=O) groups is 1. The van der Waals surface area contributed by atoms with Gasteiger partial charge >= 0.3 is 0 Å². The van der Waals surface area contributed by atoms with Crippen molar-refractivity contribution in [1.82, 2.24) is 5.32 Å². The molecule has 0 radical (unpaired) electrons. The van der Waals surface area contributed by atoms with Gasteiger partial charge in [0.05, 0.1) is 5.25 Å². The first-order valence-corrected chi connectivity index (χ1v) is 10.2. The monoisotopic (exact) mass is 385 g/mol. The molecule has 1 amide bonds. The van der Waals surface area contributed by atoms with Crippen LogP contribution in [-0.2, 0) is 11.2 Å². The van der Waals surface area contributed by atoms with Crippen molar-refractivity contribution < 1.29 is 9.21 Å². The third-order valence-corrected chi connectivity index (χ3v) is 6.41. The molecule has 0 aliphatic carbocycles. The molecule has 0 saturated heterocycles. The average Bonchev–Trinajstić information content (AvgIpc) is 3.36. The van der Waals surface area contributed by atoms with Crippen LogP contribution in [0.15, 0.2) is 94.2 Å². The van der Waals surface area contributed by atoms with Crippen LogP contribution in [0.2, 0.25) is 0 Å². The summed E-state index contributed by atoms with van der Waals surface area (Å²) in [5, 5.41) is 4.15. The van der Waals surface area contributed by atoms with E-state index in [1.165, 1.54) is 10.5 Å². The Hall–Kier alpha value is -2.98. The highest BCUT2D eigenvalue weighted by Gasteiger charge is 2.30. The highest BCUT2D eigenvalue weighted by atomic mass is 32.2. The van der Waals surface area contributed by atoms with Gasteiger partial charge in [-0.15, -0.1) is 11.8 Å². The van der Waals surface area contributed by atoms with E-state index < -0.39 is 0 Å². The summed E-state index contributed by atoms with van der Waals surface area (Å²) >= 11 is 1.64. The molecule has 1 aliphatic rings. The van der Waals surface area contributed by atoms with Crippen LogP contribution in [0.3, 0.4) is 0 Å². The van der Waals surface area contributed by atoms with Gasteiger partial charge in [0.1, 0.15) is 17.4 Å². The maximum Gasteiger partial charge on any atom is 0.234 e. The minimum atomic E-state index is -0.314. The van der Waals surface area contributed by atoms with Crippen LogP contribution in [0.4, 0.5) is 0 Å². The van der Waals surface area contributed by atoms with Gasteiger partial charge in [-0.25, -0.2) is 0 Å². The minimum Gasteiger partial charge on any atom is -0.459 e. The fraction of sp³-hybridized carbons (Fsp3) is 0.125. The topological polar surface area (TPSA) is 42.2 Å². The zero-order valence-electron chi connectivity index (χ0n) is 15.2. The SMILES string of the molecule is O=C(N[C@@H](c1ccccc1)c1cc2ccccc2o1)[C@H]1Cc2ccccc2S1. The lowest BCUT2D eigenvalue weighted by atomic mass is 10.0. The molecule has 1 N–H and O–H groups in total. The van der Waals surface area contributed by atoms with Crippen molar-refractivity contribution in [3.05, 3.63) is 102 Å². The van der Waals surface area contributed by atoms with Gasteiger partial charge in [-0.2, -0.15) is 0 Å². The molecule has 4 aromatic rings. The largest absolute Gasteiger partial charge is 0.459 e. The molecule has 3 aromatic carbocycles. The number of carbonyl (C=O) groups excluding carboxylic acids is 1. The molecular weight excluding hydrogens is 366 g/mol. The zero-order chi connectivity index (χ0) is 18.9. The number of fused-ring (bicyclic) bond motifs is 2. The maximum atomic E-state index is 13.1. The van der Waals surface area contributed by atoms with Gasteiger partial charge in [-0.1, -0.05) is 66.7 Å². The second kappa shape index (κ2) is 7.21. The number of amides is 1. The van der Waals surface area contributed by atoms with Crippen molar-refractivity contribution in [3.8, 4) is 0 Å². The van der Waals surface area contributed by atoms with E-state index in [0.717, 1.165) is 28.7 Å². The highest BCUT2D eigenvalue weighted by Crippen LogP contribution is 2.37. The van der Waals surface area contributed by atoms with Crippen LogP contribution >= 0.6 is 11.8 Å². The number of hydrogen-bond acceptors (Lipinski definition) is 3.